The van der Waals surface area contributed by atoms with Gasteiger partial charge in [-0.05, 0) is 106 Å². The van der Waals surface area contributed by atoms with Gasteiger partial charge in [-0.15, -0.1) is 0 Å². The zero-order valence-electron chi connectivity index (χ0n) is 31.1. The van der Waals surface area contributed by atoms with Crippen LogP contribution in [-0.2, 0) is 20.9 Å². The molecule has 3 heterocycles. The Balaban J connectivity index is 1.28. The summed E-state index contributed by atoms with van der Waals surface area (Å²) >= 11 is 5.28. The van der Waals surface area contributed by atoms with Gasteiger partial charge in [0.05, 0.1) is 16.4 Å². The second-order valence-electron chi connectivity index (χ2n) is 13.3. The summed E-state index contributed by atoms with van der Waals surface area (Å²) in [5, 5.41) is 7.54. The van der Waals surface area contributed by atoms with Crippen LogP contribution in [0.2, 0.25) is 0 Å². The Morgan fingerprint density at radius 2 is 1.64 bits per heavy atom. The van der Waals surface area contributed by atoms with Crippen LogP contribution in [0.15, 0.2) is 111 Å². The minimum atomic E-state index is -0.620. The van der Waals surface area contributed by atoms with E-state index in [1.165, 1.54) is 45.2 Å². The van der Waals surface area contributed by atoms with Crippen molar-refractivity contribution >= 4 is 85.7 Å². The number of benzene rings is 3. The number of para-hydroxylation sites is 1. The molecule has 0 saturated heterocycles. The number of rotatable bonds is 10. The van der Waals surface area contributed by atoms with Crippen LogP contribution in [0.4, 0.5) is 22.7 Å². The van der Waals surface area contributed by atoms with Gasteiger partial charge in [0.15, 0.2) is 0 Å². The third-order valence-electron chi connectivity index (χ3n) is 9.62. The highest BCUT2D eigenvalue weighted by atomic mass is 32.2. The topological polar surface area (TPSA) is 77.8 Å². The van der Waals surface area contributed by atoms with E-state index in [9.17, 15) is 9.59 Å². The molecule has 1 unspecified atom stereocenters. The highest BCUT2D eigenvalue weighted by Crippen LogP contribution is 2.53. The minimum Gasteiger partial charge on any atom is -0.458 e. The smallest absolute Gasteiger partial charge is 0.262 e. The number of thioether (sulfide) groups is 2. The van der Waals surface area contributed by atoms with Crippen molar-refractivity contribution in [2.45, 2.75) is 82.2 Å². The molecule has 1 aromatic heterocycles. The summed E-state index contributed by atoms with van der Waals surface area (Å²) < 4.78 is 10.8. The van der Waals surface area contributed by atoms with Crippen LogP contribution in [0.1, 0.15) is 65.8 Å². The zero-order chi connectivity index (χ0) is 37.3. The van der Waals surface area contributed by atoms with Crippen LogP contribution in [0.25, 0.3) is 16.3 Å². The Morgan fingerprint density at radius 1 is 0.887 bits per heavy atom. The van der Waals surface area contributed by atoms with Gasteiger partial charge in [-0.25, -0.2) is 0 Å². The van der Waals surface area contributed by atoms with Crippen LogP contribution < -0.4 is 25.0 Å². The molecule has 2 N–H and O–H groups in total. The molecule has 53 heavy (non-hydrogen) atoms. The van der Waals surface area contributed by atoms with Gasteiger partial charge < -0.3 is 25.2 Å². The Kier molecular flexibility index (Phi) is 10.8. The minimum absolute atomic E-state index is 0.0764. The number of aromatic nitrogens is 1. The fourth-order valence-electron chi connectivity index (χ4n) is 7.33. The molecule has 0 fully saturated rings. The predicted molar refractivity (Wildman–Crippen MR) is 223 cm³/mol. The normalized spacial score (nSPS) is 19.8. The molecule has 11 heteroatoms. The fraction of sp³-hybridized carbons (Fsp3) is 0.310. The summed E-state index contributed by atoms with van der Waals surface area (Å²) in [6.07, 6.45) is 11.8. The van der Waals surface area contributed by atoms with E-state index >= 15 is 0 Å². The number of nitrogens with one attached hydrogen (secondary N) is 2. The Hall–Kier alpha value is -4.45. The van der Waals surface area contributed by atoms with Crippen LogP contribution in [-0.4, -0.2) is 30.0 Å². The van der Waals surface area contributed by atoms with Crippen LogP contribution in [0.5, 0.6) is 0 Å². The number of carbonyl (C=O) groups is 2. The van der Waals surface area contributed by atoms with E-state index in [-0.39, 0.29) is 11.8 Å². The average Bonchev–Trinajstić information content (AvgIpc) is 3.76. The Bertz CT molecular complexity index is 2220. The standard InChI is InChI=1S/C42H45N5O3S3/c1-7-45-34-25-31(43-27(4)48)19-21-36(34)51-39(45)23-17-29-13-12-14-30(41(29)50-42(6)47(9-3)33-15-10-11-16-38(33)53-42)18-24-40-46(8-2)35-26-32(44-28(5)49)20-22-37(35)52-40/h10-11,15-26H,7-9,12-14H2,1-6H3,(H-,43,44,48,49)/p+1. The van der Waals surface area contributed by atoms with E-state index in [2.05, 4.69) is 126 Å². The molecular weight excluding hydrogens is 719 g/mol. The van der Waals surface area contributed by atoms with Crippen molar-refractivity contribution in [1.29, 1.82) is 0 Å². The van der Waals surface area contributed by atoms with E-state index in [0.717, 1.165) is 77.3 Å². The molecule has 7 rings (SSSR count). The monoisotopic (exact) mass is 764 g/mol. The maximum Gasteiger partial charge on any atom is 0.262 e. The van der Waals surface area contributed by atoms with Gasteiger partial charge in [0.25, 0.3) is 5.01 Å². The van der Waals surface area contributed by atoms with Gasteiger partial charge in [0.1, 0.15) is 17.0 Å². The number of carbonyl (C=O) groups excluding carboxylic acids is 2. The first-order valence-corrected chi connectivity index (χ1v) is 20.7. The van der Waals surface area contributed by atoms with Crippen molar-refractivity contribution in [1.82, 2.24) is 0 Å². The Labute approximate surface area is 324 Å². The molecule has 0 radical (unpaired) electrons. The number of nitrogens with zero attached hydrogens (tertiary/aromatic N) is 3. The van der Waals surface area contributed by atoms with Crippen molar-refractivity contribution in [3.63, 3.8) is 0 Å². The lowest BCUT2D eigenvalue weighted by Crippen LogP contribution is -2.43. The van der Waals surface area contributed by atoms with Crippen molar-refractivity contribution in [2.75, 3.05) is 33.5 Å². The van der Waals surface area contributed by atoms with Crippen molar-refractivity contribution in [2.24, 2.45) is 0 Å². The van der Waals surface area contributed by atoms with E-state index in [1.54, 1.807) is 34.9 Å². The summed E-state index contributed by atoms with van der Waals surface area (Å²) in [5.74, 6) is 0.791. The van der Waals surface area contributed by atoms with E-state index in [0.29, 0.717) is 0 Å². The molecule has 1 aliphatic carbocycles. The van der Waals surface area contributed by atoms with Crippen LogP contribution in [0.3, 0.4) is 0 Å². The molecule has 8 nitrogen and oxygen atoms in total. The number of hydrogen-bond donors (Lipinski definition) is 2. The third kappa shape index (κ3) is 7.52. The summed E-state index contributed by atoms with van der Waals surface area (Å²) in [7, 11) is 0. The molecule has 0 bridgehead atoms. The molecule has 2 amide bonds. The number of hydrogen-bond acceptors (Lipinski definition) is 8. The van der Waals surface area contributed by atoms with Gasteiger partial charge >= 0.3 is 0 Å². The van der Waals surface area contributed by atoms with Crippen molar-refractivity contribution in [3.8, 4) is 0 Å². The van der Waals surface area contributed by atoms with E-state index < -0.39 is 5.06 Å². The van der Waals surface area contributed by atoms with Crippen LogP contribution in [0, 0.1) is 0 Å². The molecular formula is C42H46N5O3S3+. The second kappa shape index (κ2) is 15.5. The van der Waals surface area contributed by atoms with Gasteiger partial charge in [0.2, 0.25) is 22.4 Å². The Morgan fingerprint density at radius 3 is 2.38 bits per heavy atom. The quantitative estimate of drug-likeness (QED) is 0.156. The highest BCUT2D eigenvalue weighted by molar-refractivity contribution is 8.03. The first-order chi connectivity index (χ1) is 25.6. The zero-order valence-corrected chi connectivity index (χ0v) is 33.6. The number of allylic oxidation sites excluding steroid dienone is 5. The molecule has 0 spiro atoms. The highest BCUT2D eigenvalue weighted by Gasteiger charge is 2.43. The van der Waals surface area contributed by atoms with Gasteiger partial charge in [-0.1, -0.05) is 53.1 Å². The molecule has 3 aliphatic rings. The number of amides is 2. The average molecular weight is 765 g/mol. The lowest BCUT2D eigenvalue weighted by atomic mass is 9.92. The number of fused-ring (bicyclic) bond motifs is 3. The number of aryl methyl sites for hydroxylation is 1. The fourth-order valence-corrected chi connectivity index (χ4v) is 10.8. The molecule has 1 atom stereocenters. The van der Waals surface area contributed by atoms with Gasteiger partial charge in [-0.2, -0.15) is 4.57 Å². The van der Waals surface area contributed by atoms with Crippen LogP contribution >= 0.6 is 34.9 Å². The molecule has 2 aliphatic heterocycles. The van der Waals surface area contributed by atoms with Gasteiger partial charge in [-0.3, -0.25) is 9.59 Å². The van der Waals surface area contributed by atoms with E-state index in [4.69, 9.17) is 4.74 Å². The van der Waals surface area contributed by atoms with Crippen molar-refractivity contribution in [3.05, 3.63) is 106 Å². The molecule has 0 saturated carbocycles. The molecule has 3 aromatic carbocycles. The second-order valence-corrected chi connectivity index (χ2v) is 16.8. The number of thiazole rings is 1. The summed E-state index contributed by atoms with van der Waals surface area (Å²) in [4.78, 5) is 30.6. The first-order valence-electron chi connectivity index (χ1n) is 18.3. The maximum atomic E-state index is 11.8. The van der Waals surface area contributed by atoms with Gasteiger partial charge in [0, 0.05) is 67.2 Å². The predicted octanol–water partition coefficient (Wildman–Crippen LogP) is 10.3. The lowest BCUT2D eigenvalue weighted by Gasteiger charge is -2.38. The lowest BCUT2D eigenvalue weighted by molar-refractivity contribution is -0.665. The SMILES string of the molecule is CCN1C(=CC=C2CCCC(C=Cc3sc4ccc(NC(C)=O)cc4[n+]3CC)=C2OC2(C)Sc3ccccc3N2CC)Sc2ccc(NC(C)=O)cc21. The van der Waals surface area contributed by atoms with Crippen molar-refractivity contribution < 1.29 is 18.9 Å². The molecule has 274 valence electrons. The van der Waals surface area contributed by atoms with E-state index in [1.807, 2.05) is 12.1 Å². The third-order valence-corrected chi connectivity index (χ3v) is 13.1. The number of anilines is 4. The maximum absolute atomic E-state index is 11.8. The number of ether oxygens (including phenoxy) is 1. The largest absolute Gasteiger partial charge is 0.458 e. The summed E-state index contributed by atoms with van der Waals surface area (Å²) in [5.41, 5.74) is 7.39. The molecule has 4 aromatic rings. The first kappa shape index (κ1) is 36.9. The summed E-state index contributed by atoms with van der Waals surface area (Å²) in [6.45, 7) is 14.2. The summed E-state index contributed by atoms with van der Waals surface area (Å²) in [6, 6.07) is 20.8.